The lowest BCUT2D eigenvalue weighted by Gasteiger charge is -2.10. The topological polar surface area (TPSA) is 60.5 Å². The van der Waals surface area contributed by atoms with E-state index in [0.717, 1.165) is 11.1 Å². The van der Waals surface area contributed by atoms with Gasteiger partial charge in [0.15, 0.2) is 11.5 Å². The van der Waals surface area contributed by atoms with Crippen molar-refractivity contribution in [1.29, 1.82) is 0 Å². The van der Waals surface area contributed by atoms with Gasteiger partial charge in [-0.25, -0.2) is 4.98 Å². The lowest BCUT2D eigenvalue weighted by atomic mass is 10.2. The van der Waals surface area contributed by atoms with Gasteiger partial charge in [-0.1, -0.05) is 6.07 Å². The number of nitrogens with zero attached hydrogens (tertiary/aromatic N) is 1. The van der Waals surface area contributed by atoms with Gasteiger partial charge in [-0.05, 0) is 59.2 Å². The van der Waals surface area contributed by atoms with Crippen molar-refractivity contribution in [3.8, 4) is 17.4 Å². The van der Waals surface area contributed by atoms with E-state index in [9.17, 15) is 4.79 Å². The Morgan fingerprint density at radius 2 is 2.08 bits per heavy atom. The van der Waals surface area contributed by atoms with E-state index in [1.807, 2.05) is 41.9 Å². The number of benzene rings is 1. The molecule has 0 atom stereocenters. The monoisotopic (exact) mass is 366 g/mol. The molecule has 0 bridgehead atoms. The second kappa shape index (κ2) is 8.31. The maximum atomic E-state index is 11.9. The molecular formula is C20H18N2O3S. The molecule has 26 heavy (non-hydrogen) atoms. The third kappa shape index (κ3) is 4.70. The zero-order valence-corrected chi connectivity index (χ0v) is 15.2. The van der Waals surface area contributed by atoms with E-state index in [1.165, 1.54) is 6.08 Å². The van der Waals surface area contributed by atoms with Crippen LogP contribution in [0.15, 0.2) is 59.4 Å². The van der Waals surface area contributed by atoms with Crippen LogP contribution in [-0.4, -0.2) is 18.0 Å². The van der Waals surface area contributed by atoms with Gasteiger partial charge >= 0.3 is 0 Å². The van der Waals surface area contributed by atoms with Gasteiger partial charge in [-0.15, -0.1) is 0 Å². The summed E-state index contributed by atoms with van der Waals surface area (Å²) in [5.41, 5.74) is 2.67. The first kappa shape index (κ1) is 17.7. The zero-order chi connectivity index (χ0) is 18.4. The third-order valence-corrected chi connectivity index (χ3v) is 4.21. The zero-order valence-electron chi connectivity index (χ0n) is 14.4. The molecule has 2 heterocycles. The summed E-state index contributed by atoms with van der Waals surface area (Å²) in [5.74, 6) is 1.43. The fraction of sp³-hybridized carbons (Fsp3) is 0.100. The Bertz CT molecular complexity index is 903. The summed E-state index contributed by atoms with van der Waals surface area (Å²) in [6, 6.07) is 11.0. The predicted octanol–water partition coefficient (Wildman–Crippen LogP) is 4.90. The van der Waals surface area contributed by atoms with Crippen LogP contribution in [0.3, 0.4) is 0 Å². The highest BCUT2D eigenvalue weighted by molar-refractivity contribution is 7.08. The average Bonchev–Trinajstić information content (AvgIpc) is 3.16. The van der Waals surface area contributed by atoms with Gasteiger partial charge in [-0.3, -0.25) is 4.79 Å². The Morgan fingerprint density at radius 1 is 1.19 bits per heavy atom. The highest BCUT2D eigenvalue weighted by Gasteiger charge is 2.07. The summed E-state index contributed by atoms with van der Waals surface area (Å²) in [6.07, 6.45) is 4.80. The van der Waals surface area contributed by atoms with Crippen molar-refractivity contribution in [2.45, 2.75) is 6.92 Å². The number of amides is 1. The fourth-order valence-electron chi connectivity index (χ4n) is 2.21. The summed E-state index contributed by atoms with van der Waals surface area (Å²) < 4.78 is 11.1. The number of carbonyl (C=O) groups excluding carboxylic acids is 1. The standard InChI is InChI=1S/C20H18N2O3S/c1-14-3-6-17(18(11-14)24-2)25-20-8-5-16(12-21-20)22-19(23)7-4-15-9-10-26-13-15/h3-13H,1-2H3,(H,22,23)/b7-4+. The van der Waals surface area contributed by atoms with Crippen LogP contribution < -0.4 is 14.8 Å². The van der Waals surface area contributed by atoms with Crippen molar-refractivity contribution in [2.24, 2.45) is 0 Å². The number of rotatable bonds is 6. The van der Waals surface area contributed by atoms with Crippen molar-refractivity contribution in [3.05, 3.63) is 70.6 Å². The van der Waals surface area contributed by atoms with E-state index in [0.29, 0.717) is 23.1 Å². The fourth-order valence-corrected chi connectivity index (χ4v) is 2.84. The minimum atomic E-state index is -0.216. The van der Waals surface area contributed by atoms with Crippen molar-refractivity contribution >= 4 is 29.0 Å². The third-order valence-electron chi connectivity index (χ3n) is 3.51. The molecule has 0 saturated heterocycles. The lowest BCUT2D eigenvalue weighted by molar-refractivity contribution is -0.111. The quantitative estimate of drug-likeness (QED) is 0.630. The number of hydrogen-bond donors (Lipinski definition) is 1. The van der Waals surface area contributed by atoms with E-state index in [1.54, 1.807) is 42.9 Å². The SMILES string of the molecule is COc1cc(C)ccc1Oc1ccc(NC(=O)/C=C/c2ccsc2)cn1. The minimum absolute atomic E-state index is 0.216. The molecule has 1 amide bonds. The number of hydrogen-bond acceptors (Lipinski definition) is 5. The van der Waals surface area contributed by atoms with E-state index in [2.05, 4.69) is 10.3 Å². The number of thiophene rings is 1. The molecule has 0 spiro atoms. The van der Waals surface area contributed by atoms with Crippen molar-refractivity contribution in [2.75, 3.05) is 12.4 Å². The number of nitrogens with one attached hydrogen (secondary N) is 1. The molecule has 6 heteroatoms. The van der Waals surface area contributed by atoms with Crippen molar-refractivity contribution < 1.29 is 14.3 Å². The highest BCUT2D eigenvalue weighted by Crippen LogP contribution is 2.31. The largest absolute Gasteiger partial charge is 0.493 e. The van der Waals surface area contributed by atoms with Crippen molar-refractivity contribution in [3.63, 3.8) is 0 Å². The Balaban J connectivity index is 1.62. The van der Waals surface area contributed by atoms with Gasteiger partial charge in [0.25, 0.3) is 0 Å². The first-order chi connectivity index (χ1) is 12.6. The Kier molecular flexibility index (Phi) is 5.66. The second-order valence-corrected chi connectivity index (χ2v) is 6.30. The van der Waals surface area contributed by atoms with E-state index in [4.69, 9.17) is 9.47 Å². The Labute approximate surface area is 155 Å². The molecule has 2 aromatic heterocycles. The van der Waals surface area contributed by atoms with Gasteiger partial charge in [0.05, 0.1) is 19.0 Å². The first-order valence-electron chi connectivity index (χ1n) is 7.94. The molecule has 0 fully saturated rings. The maximum Gasteiger partial charge on any atom is 0.248 e. The number of aryl methyl sites for hydroxylation is 1. The molecule has 1 aromatic carbocycles. The highest BCUT2D eigenvalue weighted by atomic mass is 32.1. The summed E-state index contributed by atoms with van der Waals surface area (Å²) in [4.78, 5) is 16.1. The summed E-state index contributed by atoms with van der Waals surface area (Å²) in [6.45, 7) is 1.98. The van der Waals surface area contributed by atoms with Crippen LogP contribution in [0.2, 0.25) is 0 Å². The number of aromatic nitrogens is 1. The van der Waals surface area contributed by atoms with E-state index >= 15 is 0 Å². The van der Waals surface area contributed by atoms with Crippen LogP contribution in [-0.2, 0) is 4.79 Å². The lowest BCUT2D eigenvalue weighted by Crippen LogP contribution is -2.07. The molecule has 1 N–H and O–H groups in total. The van der Waals surface area contributed by atoms with E-state index in [-0.39, 0.29) is 5.91 Å². The summed E-state index contributed by atoms with van der Waals surface area (Å²) >= 11 is 1.58. The second-order valence-electron chi connectivity index (χ2n) is 5.52. The van der Waals surface area contributed by atoms with Gasteiger partial charge < -0.3 is 14.8 Å². The van der Waals surface area contributed by atoms with Crippen LogP contribution in [0.5, 0.6) is 17.4 Å². The number of carbonyl (C=O) groups is 1. The average molecular weight is 366 g/mol. The van der Waals surface area contributed by atoms with Crippen LogP contribution >= 0.6 is 11.3 Å². The van der Waals surface area contributed by atoms with Gasteiger partial charge in [0.2, 0.25) is 11.8 Å². The molecule has 0 aliphatic rings. The van der Waals surface area contributed by atoms with Gasteiger partial charge in [0, 0.05) is 12.1 Å². The Morgan fingerprint density at radius 3 is 2.77 bits per heavy atom. The minimum Gasteiger partial charge on any atom is -0.493 e. The number of pyridine rings is 1. The molecule has 0 aliphatic heterocycles. The molecule has 132 valence electrons. The van der Waals surface area contributed by atoms with Crippen LogP contribution in [0.1, 0.15) is 11.1 Å². The molecule has 3 aromatic rings. The normalized spacial score (nSPS) is 10.7. The first-order valence-corrected chi connectivity index (χ1v) is 8.88. The molecule has 5 nitrogen and oxygen atoms in total. The Hall–Kier alpha value is -3.12. The maximum absolute atomic E-state index is 11.9. The molecule has 0 saturated carbocycles. The summed E-state index contributed by atoms with van der Waals surface area (Å²) in [7, 11) is 1.59. The number of ether oxygens (including phenoxy) is 2. The van der Waals surface area contributed by atoms with Crippen LogP contribution in [0.25, 0.3) is 6.08 Å². The summed E-state index contributed by atoms with van der Waals surface area (Å²) in [5, 5.41) is 6.69. The molecule has 0 radical (unpaired) electrons. The van der Waals surface area contributed by atoms with Crippen LogP contribution in [0.4, 0.5) is 5.69 Å². The van der Waals surface area contributed by atoms with Crippen LogP contribution in [0, 0.1) is 6.92 Å². The molecule has 0 unspecified atom stereocenters. The molecule has 0 aliphatic carbocycles. The van der Waals surface area contributed by atoms with Crippen molar-refractivity contribution in [1.82, 2.24) is 4.98 Å². The molecular weight excluding hydrogens is 348 g/mol. The number of methoxy groups -OCH3 is 1. The smallest absolute Gasteiger partial charge is 0.248 e. The van der Waals surface area contributed by atoms with Gasteiger partial charge in [0.1, 0.15) is 0 Å². The predicted molar refractivity (Wildman–Crippen MR) is 104 cm³/mol. The van der Waals surface area contributed by atoms with Gasteiger partial charge in [-0.2, -0.15) is 11.3 Å². The molecule has 3 rings (SSSR count). The van der Waals surface area contributed by atoms with E-state index < -0.39 is 0 Å². The number of anilines is 1.